The van der Waals surface area contributed by atoms with Crippen LogP contribution in [0.3, 0.4) is 0 Å². The van der Waals surface area contributed by atoms with Gasteiger partial charge in [0, 0.05) is 45.1 Å². The van der Waals surface area contributed by atoms with Crippen LogP contribution >= 0.6 is 0 Å². The molecule has 3 aromatic heterocycles. The normalized spacial score (nSPS) is 12.4. The van der Waals surface area contributed by atoms with E-state index >= 15 is 0 Å². The Bertz CT molecular complexity index is 2510. The average molecular weight is 794 g/mol. The maximum Gasteiger partial charge on any atom is 3.00 e. The Kier molecular flexibility index (Phi) is 7.64. The number of hydrogen-bond acceptors (Lipinski definition) is 3. The minimum Gasteiger partial charge on any atom is -0.493 e. The summed E-state index contributed by atoms with van der Waals surface area (Å²) in [5.74, 6) is 0. The van der Waals surface area contributed by atoms with Crippen molar-refractivity contribution in [2.45, 2.75) is 6.92 Å². The van der Waals surface area contributed by atoms with Gasteiger partial charge in [-0.2, -0.15) is 12.1 Å². The zero-order valence-electron chi connectivity index (χ0n) is 26.1. The maximum atomic E-state index is 4.32. The van der Waals surface area contributed by atoms with Crippen LogP contribution in [0.5, 0.6) is 0 Å². The molecule has 0 spiro atoms. The molecule has 0 fully saturated rings. The summed E-state index contributed by atoms with van der Waals surface area (Å²) >= 11 is 0. The molecule has 0 amide bonds. The second-order valence-corrected chi connectivity index (χ2v) is 11.8. The van der Waals surface area contributed by atoms with Crippen molar-refractivity contribution in [3.63, 3.8) is 0 Å². The molecule has 9 aromatic rings. The van der Waals surface area contributed by atoms with Crippen LogP contribution in [0.4, 0.5) is 22.7 Å². The van der Waals surface area contributed by atoms with E-state index < -0.39 is 0 Å². The van der Waals surface area contributed by atoms with Crippen molar-refractivity contribution in [3.8, 4) is 11.3 Å². The Morgan fingerprint density at radius 2 is 1.31 bits per heavy atom. The molecule has 10 rings (SSSR count). The van der Waals surface area contributed by atoms with Crippen molar-refractivity contribution in [1.82, 2.24) is 9.38 Å². The van der Waals surface area contributed by atoms with Crippen molar-refractivity contribution < 1.29 is 20.1 Å². The van der Waals surface area contributed by atoms with Gasteiger partial charge < -0.3 is 19.2 Å². The van der Waals surface area contributed by atoms with Gasteiger partial charge >= 0.3 is 20.1 Å². The number of aromatic nitrogens is 2. The van der Waals surface area contributed by atoms with Crippen LogP contribution in [0.2, 0.25) is 0 Å². The molecule has 4 heterocycles. The topological polar surface area (TPSA) is 23.8 Å². The number of fused-ring (bicyclic) bond motifs is 7. The smallest absolute Gasteiger partial charge is 0.493 e. The third kappa shape index (κ3) is 4.91. The van der Waals surface area contributed by atoms with E-state index in [9.17, 15) is 0 Å². The van der Waals surface area contributed by atoms with Gasteiger partial charge in [0.05, 0.1) is 0 Å². The predicted molar refractivity (Wildman–Crippen MR) is 195 cm³/mol. The number of nitrogens with zero attached hydrogens (tertiary/aromatic N) is 4. The summed E-state index contributed by atoms with van der Waals surface area (Å²) in [5.41, 5.74) is 11.4. The molecule has 0 radical (unpaired) electrons. The van der Waals surface area contributed by atoms with Crippen LogP contribution in [0, 0.1) is 25.7 Å². The van der Waals surface area contributed by atoms with Crippen molar-refractivity contribution in [2.24, 2.45) is 0 Å². The van der Waals surface area contributed by atoms with Crippen LogP contribution in [0.25, 0.3) is 49.4 Å². The summed E-state index contributed by atoms with van der Waals surface area (Å²) in [6.45, 7) is 4.20. The molecular formula is C43H29IrN4. The molecule has 0 N–H and O–H groups in total. The number of pyridine rings is 1. The van der Waals surface area contributed by atoms with E-state index in [1.54, 1.807) is 0 Å². The standard InChI is InChI=1S/C31H19N3.C12H10N.Ir/c1-2-9-21(10-3-1)32-20-33(30-16-7-6-15-29(30)32)22-17-18-28-26(19-22)25-13-8-12-24-23-11-4-5-14-27(23)34(28)31(24)25;1-10-7-8-12(13-9-10)11-5-3-2-4-6-11;/h1-16,18-20H;2-5,7-9H,1H3;/q-2;-1;+3. The Morgan fingerprint density at radius 3 is 2.08 bits per heavy atom. The van der Waals surface area contributed by atoms with Crippen LogP contribution in [-0.2, 0) is 20.1 Å². The number of anilines is 4. The van der Waals surface area contributed by atoms with E-state index in [-0.39, 0.29) is 20.1 Å². The largest absolute Gasteiger partial charge is 3.00 e. The van der Waals surface area contributed by atoms with Gasteiger partial charge in [0.25, 0.3) is 0 Å². The van der Waals surface area contributed by atoms with Crippen molar-refractivity contribution >= 4 is 60.8 Å². The van der Waals surface area contributed by atoms with Crippen LogP contribution in [0.15, 0.2) is 152 Å². The quantitative estimate of drug-likeness (QED) is 0.167. The number of aryl methyl sites for hydroxylation is 1. The van der Waals surface area contributed by atoms with E-state index in [0.29, 0.717) is 0 Å². The Hall–Kier alpha value is -5.48. The number of rotatable bonds is 3. The molecule has 1 aliphatic rings. The molecule has 0 saturated carbocycles. The van der Waals surface area contributed by atoms with Gasteiger partial charge in [-0.3, -0.25) is 0 Å². The first-order chi connectivity index (χ1) is 23.2. The third-order valence-electron chi connectivity index (χ3n) is 8.96. The molecule has 1 aliphatic heterocycles. The molecule has 0 saturated heterocycles. The fourth-order valence-electron chi connectivity index (χ4n) is 6.78. The number of benzene rings is 6. The van der Waals surface area contributed by atoms with Gasteiger partial charge in [-0.15, -0.1) is 59.7 Å². The van der Waals surface area contributed by atoms with Crippen molar-refractivity contribution in [2.75, 3.05) is 9.80 Å². The van der Waals surface area contributed by atoms with E-state index in [1.807, 2.05) is 43.5 Å². The van der Waals surface area contributed by atoms with Crippen LogP contribution in [-0.4, -0.2) is 9.38 Å². The van der Waals surface area contributed by atoms with Gasteiger partial charge in [0.15, 0.2) is 0 Å². The van der Waals surface area contributed by atoms with E-state index in [4.69, 9.17) is 0 Å². The summed E-state index contributed by atoms with van der Waals surface area (Å²) in [6, 6.07) is 57.5. The minimum atomic E-state index is 0. The van der Waals surface area contributed by atoms with Crippen molar-refractivity contribution in [1.29, 1.82) is 0 Å². The zero-order valence-corrected chi connectivity index (χ0v) is 28.5. The Labute approximate surface area is 293 Å². The first-order valence-electron chi connectivity index (χ1n) is 15.8. The SMILES string of the molecule is Cc1ccc(-c2[c-]cccc2)nc1.[Ir+3].[c-]1cc2c(cc1N1[CH-]N(c3ccccc3)c3ccccc31)c1cccc3c4ccccc4n2c13. The molecular weight excluding hydrogens is 765 g/mol. The van der Waals surface area contributed by atoms with E-state index in [2.05, 4.69) is 153 Å². The Morgan fingerprint density at radius 1 is 0.604 bits per heavy atom. The van der Waals surface area contributed by atoms with Gasteiger partial charge in [0.2, 0.25) is 0 Å². The average Bonchev–Trinajstić information content (AvgIpc) is 3.80. The molecule has 0 bridgehead atoms. The van der Waals surface area contributed by atoms with Gasteiger partial charge in [-0.05, 0) is 53.9 Å². The maximum absolute atomic E-state index is 4.32. The molecule has 0 aliphatic carbocycles. The number of para-hydroxylation sites is 5. The van der Waals surface area contributed by atoms with E-state index in [0.717, 1.165) is 28.3 Å². The summed E-state index contributed by atoms with van der Waals surface area (Å²) < 4.78 is 2.40. The van der Waals surface area contributed by atoms with Gasteiger partial charge in [-0.1, -0.05) is 84.4 Å². The minimum absolute atomic E-state index is 0. The Balaban J connectivity index is 0.000000203. The molecule has 4 nitrogen and oxygen atoms in total. The summed E-state index contributed by atoms with van der Waals surface area (Å²) in [4.78, 5) is 8.81. The summed E-state index contributed by atoms with van der Waals surface area (Å²) in [5, 5.41) is 5.14. The fraction of sp³-hybridized carbons (Fsp3) is 0.0233. The first-order valence-corrected chi connectivity index (χ1v) is 15.8. The molecule has 6 aromatic carbocycles. The second kappa shape index (κ2) is 12.3. The third-order valence-corrected chi connectivity index (χ3v) is 8.96. The predicted octanol–water partition coefficient (Wildman–Crippen LogP) is 10.9. The number of hydrogen-bond donors (Lipinski definition) is 0. The molecule has 0 atom stereocenters. The van der Waals surface area contributed by atoms with Crippen LogP contribution in [0.1, 0.15) is 5.56 Å². The monoisotopic (exact) mass is 794 g/mol. The van der Waals surface area contributed by atoms with Gasteiger partial charge in [-0.25, -0.2) is 0 Å². The second-order valence-electron chi connectivity index (χ2n) is 11.8. The fourth-order valence-corrected chi connectivity index (χ4v) is 6.78. The zero-order chi connectivity index (χ0) is 31.3. The molecule has 0 unspecified atom stereocenters. The van der Waals surface area contributed by atoms with E-state index in [1.165, 1.54) is 49.3 Å². The first kappa shape index (κ1) is 29.9. The molecule has 48 heavy (non-hydrogen) atoms. The van der Waals surface area contributed by atoms with Gasteiger partial charge in [0.1, 0.15) is 0 Å². The summed E-state index contributed by atoms with van der Waals surface area (Å²) in [7, 11) is 0. The molecule has 230 valence electrons. The summed E-state index contributed by atoms with van der Waals surface area (Å²) in [6.07, 6.45) is 1.87. The molecule has 5 heteroatoms. The van der Waals surface area contributed by atoms with Crippen LogP contribution < -0.4 is 9.80 Å². The van der Waals surface area contributed by atoms with Crippen molar-refractivity contribution in [3.05, 3.63) is 176 Å².